The number of ether oxygens (including phenoxy) is 1. The summed E-state index contributed by atoms with van der Waals surface area (Å²) in [6, 6.07) is 0. The number of rotatable bonds is 7. The van der Waals surface area contributed by atoms with Crippen LogP contribution < -0.4 is 5.32 Å². The fraction of sp³-hybridized carbons (Fsp3) is 0.750. The summed E-state index contributed by atoms with van der Waals surface area (Å²) in [7, 11) is 1.69. The molecule has 0 amide bonds. The van der Waals surface area contributed by atoms with E-state index in [4.69, 9.17) is 9.15 Å². The van der Waals surface area contributed by atoms with E-state index in [0.29, 0.717) is 11.1 Å². The Morgan fingerprint density at radius 1 is 1.43 bits per heavy atom. The molecule has 0 atom stereocenters. The van der Waals surface area contributed by atoms with Crippen LogP contribution in [0.3, 0.4) is 0 Å². The topological polar surface area (TPSA) is 60.2 Å². The number of aryl methyl sites for hydroxylation is 1. The zero-order chi connectivity index (χ0) is 10.2. The first-order valence-corrected chi connectivity index (χ1v) is 5.44. The number of methoxy groups -OCH3 is 1. The monoisotopic (exact) mass is 217 g/mol. The highest BCUT2D eigenvalue weighted by Crippen LogP contribution is 2.14. The second-order valence-corrected chi connectivity index (χ2v) is 3.72. The smallest absolute Gasteiger partial charge is 0.276 e. The number of thioether (sulfide) groups is 1. The molecule has 1 N–H and O–H groups in total. The lowest BCUT2D eigenvalue weighted by molar-refractivity contribution is 0.200. The van der Waals surface area contributed by atoms with Gasteiger partial charge in [-0.1, -0.05) is 11.8 Å². The molecular formula is C8H15N3O2S. The molecule has 1 heterocycles. The molecule has 0 unspecified atom stereocenters. The van der Waals surface area contributed by atoms with Crippen LogP contribution in [0.15, 0.2) is 9.64 Å². The maximum atomic E-state index is 5.20. The zero-order valence-electron chi connectivity index (χ0n) is 8.45. The summed E-state index contributed by atoms with van der Waals surface area (Å²) in [5.41, 5.74) is 0. The van der Waals surface area contributed by atoms with Gasteiger partial charge in [0.05, 0.1) is 6.61 Å². The largest absolute Gasteiger partial charge is 0.416 e. The first-order chi connectivity index (χ1) is 6.83. The van der Waals surface area contributed by atoms with E-state index in [2.05, 4.69) is 15.5 Å². The maximum absolute atomic E-state index is 5.20. The van der Waals surface area contributed by atoms with Gasteiger partial charge in [0.25, 0.3) is 5.22 Å². The van der Waals surface area contributed by atoms with Crippen LogP contribution in [-0.4, -0.2) is 42.8 Å². The molecular weight excluding hydrogens is 202 g/mol. The Hall–Kier alpha value is -0.590. The highest BCUT2D eigenvalue weighted by atomic mass is 32.2. The van der Waals surface area contributed by atoms with Crippen molar-refractivity contribution in [2.45, 2.75) is 12.1 Å². The summed E-state index contributed by atoms with van der Waals surface area (Å²) >= 11 is 1.56. The molecule has 0 radical (unpaired) electrons. The Kier molecular flexibility index (Phi) is 5.58. The van der Waals surface area contributed by atoms with Gasteiger partial charge in [-0.2, -0.15) is 0 Å². The van der Waals surface area contributed by atoms with Gasteiger partial charge < -0.3 is 14.5 Å². The zero-order valence-corrected chi connectivity index (χ0v) is 9.26. The van der Waals surface area contributed by atoms with E-state index in [0.717, 1.165) is 25.4 Å². The number of nitrogens with zero attached hydrogens (tertiary/aromatic N) is 2. The van der Waals surface area contributed by atoms with Crippen LogP contribution in [0.25, 0.3) is 0 Å². The highest BCUT2D eigenvalue weighted by molar-refractivity contribution is 7.99. The quantitative estimate of drug-likeness (QED) is 0.536. The van der Waals surface area contributed by atoms with Gasteiger partial charge >= 0.3 is 0 Å². The van der Waals surface area contributed by atoms with Crippen LogP contribution in [0.4, 0.5) is 0 Å². The van der Waals surface area contributed by atoms with Crippen molar-refractivity contribution in [1.82, 2.24) is 15.5 Å². The Morgan fingerprint density at radius 2 is 2.29 bits per heavy atom. The van der Waals surface area contributed by atoms with E-state index in [1.165, 1.54) is 0 Å². The Balaban J connectivity index is 1.99. The molecule has 0 bridgehead atoms. The third kappa shape index (κ3) is 4.59. The first-order valence-electron chi connectivity index (χ1n) is 4.45. The number of hydrogen-bond donors (Lipinski definition) is 1. The number of aromatic nitrogens is 2. The van der Waals surface area contributed by atoms with Crippen LogP contribution in [0.5, 0.6) is 0 Å². The van der Waals surface area contributed by atoms with Gasteiger partial charge in [0.2, 0.25) is 5.89 Å². The molecule has 0 spiro atoms. The van der Waals surface area contributed by atoms with Gasteiger partial charge in [0.1, 0.15) is 0 Å². The summed E-state index contributed by atoms with van der Waals surface area (Å²) < 4.78 is 10.1. The van der Waals surface area contributed by atoms with Crippen molar-refractivity contribution < 1.29 is 9.15 Å². The minimum Gasteiger partial charge on any atom is -0.416 e. The number of hydrogen-bond acceptors (Lipinski definition) is 6. The van der Waals surface area contributed by atoms with Crippen molar-refractivity contribution in [3.8, 4) is 0 Å². The molecule has 0 aliphatic heterocycles. The molecule has 80 valence electrons. The highest BCUT2D eigenvalue weighted by Gasteiger charge is 2.01. The van der Waals surface area contributed by atoms with Crippen LogP contribution >= 0.6 is 11.8 Å². The Labute approximate surface area is 87.6 Å². The minimum atomic E-state index is 0.611. The lowest BCUT2D eigenvalue weighted by Gasteiger charge is -2.01. The summed E-state index contributed by atoms with van der Waals surface area (Å²) in [5.74, 6) is 1.53. The van der Waals surface area contributed by atoms with Gasteiger partial charge in [-0.15, -0.1) is 10.2 Å². The summed E-state index contributed by atoms with van der Waals surface area (Å²) in [6.07, 6.45) is 0. The Morgan fingerprint density at radius 3 is 2.93 bits per heavy atom. The van der Waals surface area contributed by atoms with Crippen molar-refractivity contribution in [3.05, 3.63) is 5.89 Å². The van der Waals surface area contributed by atoms with Gasteiger partial charge in [0.15, 0.2) is 0 Å². The Bertz CT molecular complexity index is 254. The summed E-state index contributed by atoms with van der Waals surface area (Å²) in [5, 5.41) is 11.5. The normalized spacial score (nSPS) is 10.7. The van der Waals surface area contributed by atoms with Gasteiger partial charge in [-0.05, 0) is 0 Å². The second-order valence-electron chi connectivity index (χ2n) is 2.68. The lowest BCUT2D eigenvalue weighted by atomic mass is 10.6. The van der Waals surface area contributed by atoms with E-state index in [-0.39, 0.29) is 0 Å². The average Bonchev–Trinajstić information content (AvgIpc) is 2.58. The van der Waals surface area contributed by atoms with Crippen LogP contribution in [0.2, 0.25) is 0 Å². The predicted molar refractivity (Wildman–Crippen MR) is 54.5 cm³/mol. The lowest BCUT2D eigenvalue weighted by Crippen LogP contribution is -2.21. The van der Waals surface area contributed by atoms with E-state index < -0.39 is 0 Å². The molecule has 6 heteroatoms. The summed E-state index contributed by atoms with van der Waals surface area (Å²) in [6.45, 7) is 4.31. The third-order valence-corrected chi connectivity index (χ3v) is 2.32. The molecule has 1 aromatic heterocycles. The maximum Gasteiger partial charge on any atom is 0.276 e. The van der Waals surface area contributed by atoms with E-state index >= 15 is 0 Å². The first kappa shape index (κ1) is 11.5. The van der Waals surface area contributed by atoms with Crippen molar-refractivity contribution in [2.75, 3.05) is 32.6 Å². The molecule has 0 saturated heterocycles. The molecule has 0 aromatic carbocycles. The fourth-order valence-electron chi connectivity index (χ4n) is 0.846. The molecule has 0 saturated carbocycles. The van der Waals surface area contributed by atoms with E-state index in [1.54, 1.807) is 25.8 Å². The van der Waals surface area contributed by atoms with Gasteiger partial charge in [-0.25, -0.2) is 0 Å². The summed E-state index contributed by atoms with van der Waals surface area (Å²) in [4.78, 5) is 0. The second kappa shape index (κ2) is 6.80. The van der Waals surface area contributed by atoms with Crippen molar-refractivity contribution in [3.63, 3.8) is 0 Å². The van der Waals surface area contributed by atoms with Crippen molar-refractivity contribution >= 4 is 11.8 Å². The molecule has 1 rings (SSSR count). The van der Waals surface area contributed by atoms with Crippen LogP contribution in [-0.2, 0) is 4.74 Å². The number of nitrogens with one attached hydrogen (secondary N) is 1. The molecule has 14 heavy (non-hydrogen) atoms. The van der Waals surface area contributed by atoms with E-state index in [1.807, 2.05) is 0 Å². The molecule has 1 aromatic rings. The SMILES string of the molecule is COCCNCCSc1nnc(C)o1. The van der Waals surface area contributed by atoms with Crippen LogP contribution in [0, 0.1) is 6.92 Å². The molecule has 5 nitrogen and oxygen atoms in total. The predicted octanol–water partition coefficient (Wildman–Crippen LogP) is 0.706. The van der Waals surface area contributed by atoms with Crippen LogP contribution in [0.1, 0.15) is 5.89 Å². The third-order valence-electron chi connectivity index (χ3n) is 1.49. The van der Waals surface area contributed by atoms with Crippen molar-refractivity contribution in [2.24, 2.45) is 0 Å². The fourth-order valence-corrected chi connectivity index (χ4v) is 1.55. The molecule has 0 fully saturated rings. The van der Waals surface area contributed by atoms with Gasteiger partial charge in [0, 0.05) is 32.9 Å². The van der Waals surface area contributed by atoms with Gasteiger partial charge in [-0.3, -0.25) is 0 Å². The molecule has 0 aliphatic carbocycles. The minimum absolute atomic E-state index is 0.611. The van der Waals surface area contributed by atoms with Crippen molar-refractivity contribution in [1.29, 1.82) is 0 Å². The van der Waals surface area contributed by atoms with E-state index in [9.17, 15) is 0 Å². The average molecular weight is 217 g/mol. The standard InChI is InChI=1S/C8H15N3O2S/c1-7-10-11-8(13-7)14-6-4-9-3-5-12-2/h9H,3-6H2,1-2H3. The molecule has 0 aliphatic rings.